The first-order chi connectivity index (χ1) is 5.65. The van der Waals surface area contributed by atoms with Crippen molar-refractivity contribution in [3.05, 3.63) is 28.8 Å². The number of benzene rings is 1. The Morgan fingerprint density at radius 2 is 2.08 bits per heavy atom. The number of hydrogen-bond acceptors (Lipinski definition) is 2. The van der Waals surface area contributed by atoms with E-state index >= 15 is 0 Å². The first-order valence-corrected chi connectivity index (χ1v) is 5.25. The molecule has 0 heterocycles. The van der Waals surface area contributed by atoms with Crippen molar-refractivity contribution in [3.8, 4) is 0 Å². The molecule has 1 aromatic carbocycles. The number of rotatable bonds is 2. The van der Waals surface area contributed by atoms with Crippen LogP contribution in [-0.4, -0.2) is 13.3 Å². The second kappa shape index (κ2) is 4.06. The Morgan fingerprint density at radius 1 is 1.42 bits per heavy atom. The van der Waals surface area contributed by atoms with E-state index in [1.807, 2.05) is 31.5 Å². The quantitative estimate of drug-likeness (QED) is 0.676. The fourth-order valence-electron chi connectivity index (χ4n) is 1.02. The molecule has 0 unspecified atom stereocenters. The summed E-state index contributed by atoms with van der Waals surface area (Å²) in [5.74, 6) is 0. The van der Waals surface area contributed by atoms with Crippen molar-refractivity contribution >= 4 is 29.2 Å². The third-order valence-corrected chi connectivity index (χ3v) is 2.76. The minimum atomic E-state index is 0.788. The van der Waals surface area contributed by atoms with E-state index in [-0.39, 0.29) is 0 Å². The summed E-state index contributed by atoms with van der Waals surface area (Å²) in [6.07, 6.45) is 2.04. The SMILES string of the molecule is CSN(C)c1cc(Cl)ccc1C. The molecular weight excluding hydrogens is 190 g/mol. The van der Waals surface area contributed by atoms with Crippen molar-refractivity contribution in [2.75, 3.05) is 17.6 Å². The lowest BCUT2D eigenvalue weighted by Gasteiger charge is -2.17. The van der Waals surface area contributed by atoms with Crippen molar-refractivity contribution in [2.45, 2.75) is 6.92 Å². The molecule has 0 spiro atoms. The van der Waals surface area contributed by atoms with Crippen LogP contribution in [0.3, 0.4) is 0 Å². The molecule has 0 atom stereocenters. The van der Waals surface area contributed by atoms with E-state index in [9.17, 15) is 0 Å². The van der Waals surface area contributed by atoms with Gasteiger partial charge in [-0.2, -0.15) is 0 Å². The average molecular weight is 202 g/mol. The predicted octanol–water partition coefficient (Wildman–Crippen LogP) is 3.36. The monoisotopic (exact) mass is 201 g/mol. The molecule has 0 bridgehead atoms. The molecular formula is C9H12ClNS. The average Bonchev–Trinajstić information content (AvgIpc) is 2.08. The number of halogens is 1. The van der Waals surface area contributed by atoms with Gasteiger partial charge in [-0.15, -0.1) is 0 Å². The molecule has 0 aliphatic heterocycles. The van der Waals surface area contributed by atoms with E-state index < -0.39 is 0 Å². The van der Waals surface area contributed by atoms with Crippen LogP contribution in [0.2, 0.25) is 5.02 Å². The van der Waals surface area contributed by atoms with Gasteiger partial charge in [0, 0.05) is 18.3 Å². The van der Waals surface area contributed by atoms with E-state index in [2.05, 4.69) is 11.2 Å². The summed E-state index contributed by atoms with van der Waals surface area (Å²) >= 11 is 7.56. The maximum absolute atomic E-state index is 5.88. The third kappa shape index (κ3) is 2.08. The highest BCUT2D eigenvalue weighted by Gasteiger charge is 2.03. The van der Waals surface area contributed by atoms with Gasteiger partial charge in [-0.05, 0) is 24.6 Å². The molecule has 0 fully saturated rings. The Morgan fingerprint density at radius 3 is 2.67 bits per heavy atom. The van der Waals surface area contributed by atoms with E-state index in [1.165, 1.54) is 11.3 Å². The van der Waals surface area contributed by atoms with Crippen molar-refractivity contribution in [3.63, 3.8) is 0 Å². The third-order valence-electron chi connectivity index (χ3n) is 1.78. The first-order valence-electron chi connectivity index (χ1n) is 3.69. The number of anilines is 1. The minimum Gasteiger partial charge on any atom is -0.319 e. The molecule has 12 heavy (non-hydrogen) atoms. The van der Waals surface area contributed by atoms with Crippen LogP contribution < -0.4 is 4.31 Å². The zero-order valence-electron chi connectivity index (χ0n) is 7.47. The summed E-state index contributed by atoms with van der Waals surface area (Å²) in [5, 5.41) is 0.788. The van der Waals surface area contributed by atoms with Gasteiger partial charge >= 0.3 is 0 Å². The van der Waals surface area contributed by atoms with Gasteiger partial charge in [-0.3, -0.25) is 0 Å². The summed E-state index contributed by atoms with van der Waals surface area (Å²) in [6.45, 7) is 2.08. The van der Waals surface area contributed by atoms with Gasteiger partial charge in [0.15, 0.2) is 0 Å². The zero-order valence-corrected chi connectivity index (χ0v) is 9.04. The molecule has 66 valence electrons. The molecule has 1 aromatic rings. The Balaban J connectivity index is 3.04. The van der Waals surface area contributed by atoms with Gasteiger partial charge < -0.3 is 4.31 Å². The molecule has 0 aromatic heterocycles. The van der Waals surface area contributed by atoms with Crippen molar-refractivity contribution in [1.82, 2.24) is 0 Å². The standard InChI is InChI=1S/C9H12ClNS/c1-7-4-5-8(10)6-9(7)11(2)12-3/h4-6H,1-3H3. The second-order valence-electron chi connectivity index (χ2n) is 2.61. The number of nitrogens with zero attached hydrogens (tertiary/aromatic N) is 1. The van der Waals surface area contributed by atoms with Gasteiger partial charge in [0.05, 0.1) is 5.69 Å². The summed E-state index contributed by atoms with van der Waals surface area (Å²) in [4.78, 5) is 0. The Labute approximate surface area is 82.8 Å². The lowest BCUT2D eigenvalue weighted by Crippen LogP contribution is -2.06. The van der Waals surface area contributed by atoms with Gasteiger partial charge in [0.1, 0.15) is 0 Å². The summed E-state index contributed by atoms with van der Waals surface area (Å²) in [5.41, 5.74) is 2.42. The van der Waals surface area contributed by atoms with Crippen molar-refractivity contribution < 1.29 is 0 Å². The second-order valence-corrected chi connectivity index (χ2v) is 3.96. The minimum absolute atomic E-state index is 0.788. The normalized spacial score (nSPS) is 10.0. The largest absolute Gasteiger partial charge is 0.319 e. The molecule has 1 nitrogen and oxygen atoms in total. The highest BCUT2D eigenvalue weighted by Crippen LogP contribution is 2.26. The summed E-state index contributed by atoms with van der Waals surface area (Å²) < 4.78 is 2.10. The Bertz CT molecular complexity index is 275. The number of aryl methyl sites for hydroxylation is 1. The maximum Gasteiger partial charge on any atom is 0.0510 e. The molecule has 0 N–H and O–H groups in total. The van der Waals surface area contributed by atoms with Gasteiger partial charge in [0.25, 0.3) is 0 Å². The first kappa shape index (κ1) is 9.75. The fourth-order valence-corrected chi connectivity index (χ4v) is 1.58. The summed E-state index contributed by atoms with van der Waals surface area (Å²) in [7, 11) is 2.03. The van der Waals surface area contributed by atoms with Crippen LogP contribution in [0.15, 0.2) is 18.2 Å². The molecule has 0 saturated carbocycles. The summed E-state index contributed by atoms with van der Waals surface area (Å²) in [6, 6.07) is 5.92. The van der Waals surface area contributed by atoms with E-state index in [0.717, 1.165) is 5.02 Å². The van der Waals surface area contributed by atoms with Crippen LogP contribution in [0.5, 0.6) is 0 Å². The molecule has 0 saturated heterocycles. The van der Waals surface area contributed by atoms with E-state index in [1.54, 1.807) is 11.9 Å². The number of hydrogen-bond donors (Lipinski definition) is 0. The van der Waals surface area contributed by atoms with Crippen LogP contribution in [-0.2, 0) is 0 Å². The topological polar surface area (TPSA) is 3.24 Å². The van der Waals surface area contributed by atoms with Crippen LogP contribution in [0.1, 0.15) is 5.56 Å². The zero-order chi connectivity index (χ0) is 9.14. The highest BCUT2D eigenvalue weighted by molar-refractivity contribution is 7.99. The molecule has 0 aliphatic rings. The predicted molar refractivity (Wildman–Crippen MR) is 58.1 cm³/mol. The van der Waals surface area contributed by atoms with E-state index in [0.29, 0.717) is 0 Å². The Kier molecular flexibility index (Phi) is 3.29. The van der Waals surface area contributed by atoms with Crippen LogP contribution in [0, 0.1) is 6.92 Å². The van der Waals surface area contributed by atoms with Crippen molar-refractivity contribution in [1.29, 1.82) is 0 Å². The smallest absolute Gasteiger partial charge is 0.0510 e. The highest BCUT2D eigenvalue weighted by atomic mass is 35.5. The maximum atomic E-state index is 5.88. The molecule has 1 rings (SSSR count). The van der Waals surface area contributed by atoms with Crippen molar-refractivity contribution in [2.24, 2.45) is 0 Å². The van der Waals surface area contributed by atoms with E-state index in [4.69, 9.17) is 11.6 Å². The molecule has 0 aliphatic carbocycles. The van der Waals surface area contributed by atoms with Crippen LogP contribution in [0.25, 0.3) is 0 Å². The lowest BCUT2D eigenvalue weighted by molar-refractivity contribution is 1.31. The van der Waals surface area contributed by atoms with Gasteiger partial charge in [-0.25, -0.2) is 0 Å². The lowest BCUT2D eigenvalue weighted by atomic mass is 10.2. The van der Waals surface area contributed by atoms with Crippen LogP contribution in [0.4, 0.5) is 5.69 Å². The molecule has 0 radical (unpaired) electrons. The molecule has 0 amide bonds. The Hall–Kier alpha value is -0.340. The molecule has 3 heteroatoms. The van der Waals surface area contributed by atoms with Gasteiger partial charge in [0.2, 0.25) is 0 Å². The van der Waals surface area contributed by atoms with Crippen LogP contribution >= 0.6 is 23.5 Å². The van der Waals surface area contributed by atoms with Gasteiger partial charge in [-0.1, -0.05) is 29.6 Å². The fraction of sp³-hybridized carbons (Fsp3) is 0.333.